The first-order valence-electron chi connectivity index (χ1n) is 6.16. The topological polar surface area (TPSA) is 39.6 Å². The second-order valence-corrected chi connectivity index (χ2v) is 5.73. The van der Waals surface area contributed by atoms with Gasteiger partial charge in [0.2, 0.25) is 0 Å². The first-order chi connectivity index (χ1) is 8.08. The molecule has 0 saturated carbocycles. The predicted octanol–water partition coefficient (Wildman–Crippen LogP) is 1.73. The van der Waals surface area contributed by atoms with Crippen LogP contribution in [0.25, 0.3) is 0 Å². The van der Waals surface area contributed by atoms with Crippen molar-refractivity contribution < 1.29 is 5.11 Å². The molecule has 2 heterocycles. The van der Waals surface area contributed by atoms with E-state index in [2.05, 4.69) is 28.8 Å². The van der Waals surface area contributed by atoms with Crippen LogP contribution in [0.5, 0.6) is 0 Å². The van der Waals surface area contributed by atoms with E-state index in [1.54, 1.807) is 18.3 Å². The molecule has 5 heteroatoms. The summed E-state index contributed by atoms with van der Waals surface area (Å²) < 4.78 is 0. The van der Waals surface area contributed by atoms with Gasteiger partial charge in [0, 0.05) is 24.5 Å². The molecule has 0 bridgehead atoms. The van der Waals surface area contributed by atoms with Gasteiger partial charge in [-0.05, 0) is 33.9 Å². The predicted molar refractivity (Wildman–Crippen MR) is 71.7 cm³/mol. The molecule has 0 aliphatic carbocycles. The first kappa shape index (κ1) is 12.8. The summed E-state index contributed by atoms with van der Waals surface area (Å²) in [5.41, 5.74) is 0.787. The van der Waals surface area contributed by atoms with Crippen LogP contribution in [0.15, 0.2) is 5.38 Å². The van der Waals surface area contributed by atoms with E-state index in [0.717, 1.165) is 30.5 Å². The first-order valence-corrected chi connectivity index (χ1v) is 7.04. The van der Waals surface area contributed by atoms with Gasteiger partial charge in [0.25, 0.3) is 0 Å². The molecule has 1 aromatic rings. The summed E-state index contributed by atoms with van der Waals surface area (Å²) in [5.74, 6) is 0. The summed E-state index contributed by atoms with van der Waals surface area (Å²) in [4.78, 5) is 9.26. The highest BCUT2D eigenvalue weighted by atomic mass is 32.1. The average molecular weight is 255 g/mol. The molecular weight excluding hydrogens is 234 g/mol. The van der Waals surface area contributed by atoms with Crippen LogP contribution in [0.3, 0.4) is 0 Å². The fourth-order valence-electron chi connectivity index (χ4n) is 2.26. The number of hydrogen-bond donors (Lipinski definition) is 1. The van der Waals surface area contributed by atoms with Crippen molar-refractivity contribution in [1.82, 2.24) is 9.88 Å². The summed E-state index contributed by atoms with van der Waals surface area (Å²) in [6.07, 6.45) is 0.703. The molecular formula is C12H21N3OS. The van der Waals surface area contributed by atoms with Gasteiger partial charge in [-0.1, -0.05) is 0 Å². The normalized spacial score (nSPS) is 24.7. The van der Waals surface area contributed by atoms with Crippen LogP contribution in [0.1, 0.15) is 32.1 Å². The van der Waals surface area contributed by atoms with E-state index < -0.39 is 6.10 Å². The second-order valence-electron chi connectivity index (χ2n) is 4.89. The van der Waals surface area contributed by atoms with Crippen LogP contribution in [-0.4, -0.2) is 47.7 Å². The van der Waals surface area contributed by atoms with Crippen LogP contribution in [0, 0.1) is 0 Å². The molecule has 1 fully saturated rings. The molecule has 1 saturated heterocycles. The molecule has 0 aromatic carbocycles. The zero-order valence-corrected chi connectivity index (χ0v) is 11.6. The van der Waals surface area contributed by atoms with Crippen LogP contribution in [0.2, 0.25) is 0 Å². The number of thiazole rings is 1. The van der Waals surface area contributed by atoms with E-state index in [-0.39, 0.29) is 0 Å². The summed E-state index contributed by atoms with van der Waals surface area (Å²) in [7, 11) is 2.17. The Kier molecular flexibility index (Phi) is 4.01. The number of nitrogens with zero attached hydrogens (tertiary/aromatic N) is 3. The maximum Gasteiger partial charge on any atom is 0.185 e. The third-order valence-electron chi connectivity index (χ3n) is 3.23. The zero-order valence-electron chi connectivity index (χ0n) is 10.8. The molecule has 1 aliphatic rings. The lowest BCUT2D eigenvalue weighted by molar-refractivity contribution is 0.195. The maximum atomic E-state index is 9.52. The molecule has 2 rings (SSSR count). The standard InChI is InChI=1S/C12H21N3OS/c1-9-7-14(3)5-4-6-15(9)12-13-11(8-17-12)10(2)16/h8-10,16H,4-7H2,1-3H3. The molecule has 1 aliphatic heterocycles. The molecule has 96 valence electrons. The van der Waals surface area contributed by atoms with Crippen molar-refractivity contribution in [3.05, 3.63) is 11.1 Å². The van der Waals surface area contributed by atoms with Gasteiger partial charge in [0.05, 0.1) is 11.8 Å². The maximum absolute atomic E-state index is 9.52. The Morgan fingerprint density at radius 2 is 2.29 bits per heavy atom. The minimum atomic E-state index is -0.468. The van der Waals surface area contributed by atoms with Crippen molar-refractivity contribution in [2.75, 3.05) is 31.6 Å². The lowest BCUT2D eigenvalue weighted by atomic mass is 10.3. The van der Waals surface area contributed by atoms with Crippen molar-refractivity contribution >= 4 is 16.5 Å². The van der Waals surface area contributed by atoms with Gasteiger partial charge >= 0.3 is 0 Å². The van der Waals surface area contributed by atoms with Crippen molar-refractivity contribution in [2.24, 2.45) is 0 Å². The Hall–Kier alpha value is -0.650. The quantitative estimate of drug-likeness (QED) is 0.873. The molecule has 2 unspecified atom stereocenters. The van der Waals surface area contributed by atoms with Gasteiger partial charge in [-0.2, -0.15) is 0 Å². The molecule has 17 heavy (non-hydrogen) atoms. The fraction of sp³-hybridized carbons (Fsp3) is 0.750. The van der Waals surface area contributed by atoms with Gasteiger partial charge < -0.3 is 14.9 Å². The summed E-state index contributed by atoms with van der Waals surface area (Å²) in [5, 5.41) is 12.5. The van der Waals surface area contributed by atoms with E-state index >= 15 is 0 Å². The Labute approximate surface area is 107 Å². The van der Waals surface area contributed by atoms with Crippen molar-refractivity contribution in [1.29, 1.82) is 0 Å². The van der Waals surface area contributed by atoms with Crippen LogP contribution >= 0.6 is 11.3 Å². The fourth-order valence-corrected chi connectivity index (χ4v) is 3.30. The highest BCUT2D eigenvalue weighted by molar-refractivity contribution is 7.13. The van der Waals surface area contributed by atoms with E-state index in [1.165, 1.54) is 6.42 Å². The summed E-state index contributed by atoms with van der Waals surface area (Å²) in [6, 6.07) is 0.482. The number of aromatic nitrogens is 1. The van der Waals surface area contributed by atoms with Crippen LogP contribution < -0.4 is 4.90 Å². The number of aliphatic hydroxyl groups is 1. The molecule has 4 nitrogen and oxygen atoms in total. The van der Waals surface area contributed by atoms with Gasteiger partial charge in [0.15, 0.2) is 5.13 Å². The van der Waals surface area contributed by atoms with Crippen molar-refractivity contribution in [2.45, 2.75) is 32.4 Å². The molecule has 1 N–H and O–H groups in total. The number of aliphatic hydroxyl groups excluding tert-OH is 1. The monoisotopic (exact) mass is 255 g/mol. The van der Waals surface area contributed by atoms with E-state index in [9.17, 15) is 5.11 Å². The van der Waals surface area contributed by atoms with Crippen molar-refractivity contribution in [3.63, 3.8) is 0 Å². The minimum Gasteiger partial charge on any atom is -0.387 e. The third-order valence-corrected chi connectivity index (χ3v) is 4.13. The Bertz CT molecular complexity index is 366. The van der Waals surface area contributed by atoms with Crippen molar-refractivity contribution in [3.8, 4) is 0 Å². The molecule has 2 atom stereocenters. The molecule has 1 aromatic heterocycles. The lowest BCUT2D eigenvalue weighted by Gasteiger charge is -2.27. The van der Waals surface area contributed by atoms with Gasteiger partial charge in [-0.25, -0.2) is 4.98 Å². The number of anilines is 1. The van der Waals surface area contributed by atoms with Crippen LogP contribution in [-0.2, 0) is 0 Å². The summed E-state index contributed by atoms with van der Waals surface area (Å²) in [6.45, 7) is 7.28. The highest BCUT2D eigenvalue weighted by Crippen LogP contribution is 2.26. The Balaban J connectivity index is 2.13. The number of rotatable bonds is 2. The zero-order chi connectivity index (χ0) is 12.4. The number of likely N-dealkylation sites (N-methyl/N-ethyl adjacent to an activating group) is 1. The van der Waals surface area contributed by atoms with Gasteiger partial charge in [0.1, 0.15) is 0 Å². The molecule has 0 spiro atoms. The van der Waals surface area contributed by atoms with E-state index in [0.29, 0.717) is 6.04 Å². The largest absolute Gasteiger partial charge is 0.387 e. The lowest BCUT2D eigenvalue weighted by Crippen LogP contribution is -2.37. The van der Waals surface area contributed by atoms with E-state index in [4.69, 9.17) is 0 Å². The molecule has 0 radical (unpaired) electrons. The minimum absolute atomic E-state index is 0.468. The van der Waals surface area contributed by atoms with Gasteiger partial charge in [-0.15, -0.1) is 11.3 Å². The van der Waals surface area contributed by atoms with Gasteiger partial charge in [-0.3, -0.25) is 0 Å². The average Bonchev–Trinajstić information content (AvgIpc) is 2.67. The number of hydrogen-bond acceptors (Lipinski definition) is 5. The Morgan fingerprint density at radius 1 is 1.53 bits per heavy atom. The Morgan fingerprint density at radius 3 is 2.94 bits per heavy atom. The highest BCUT2D eigenvalue weighted by Gasteiger charge is 2.22. The second kappa shape index (κ2) is 5.33. The smallest absolute Gasteiger partial charge is 0.185 e. The third kappa shape index (κ3) is 2.97. The SMILES string of the molecule is CC(O)c1csc(N2CCCN(C)CC2C)n1. The summed E-state index contributed by atoms with van der Waals surface area (Å²) >= 11 is 1.63. The molecule has 0 amide bonds. The van der Waals surface area contributed by atoms with E-state index in [1.807, 2.05) is 5.38 Å². The van der Waals surface area contributed by atoms with Crippen LogP contribution in [0.4, 0.5) is 5.13 Å².